The molecule has 0 unspecified atom stereocenters. The van der Waals surface area contributed by atoms with Gasteiger partial charge >= 0.3 is 0 Å². The molecule has 2 heteroatoms. The Hall–Kier alpha value is -1.77. The third-order valence-corrected chi connectivity index (χ3v) is 4.12. The highest BCUT2D eigenvalue weighted by Crippen LogP contribution is 2.36. The number of thiocarbonyl (C=S) groups is 1. The van der Waals surface area contributed by atoms with Crippen LogP contribution in [0.3, 0.4) is 0 Å². The van der Waals surface area contributed by atoms with Gasteiger partial charge in [-0.1, -0.05) is 66.8 Å². The van der Waals surface area contributed by atoms with Gasteiger partial charge in [-0.25, -0.2) is 0 Å². The number of thiophene rings is 1. The van der Waals surface area contributed by atoms with Crippen LogP contribution in [0.2, 0.25) is 0 Å². The van der Waals surface area contributed by atoms with Crippen LogP contribution in [0.15, 0.2) is 65.4 Å². The van der Waals surface area contributed by atoms with Crippen molar-refractivity contribution in [2.24, 2.45) is 0 Å². The summed E-state index contributed by atoms with van der Waals surface area (Å²) in [6, 6.07) is 18.8. The van der Waals surface area contributed by atoms with Crippen molar-refractivity contribution >= 4 is 28.9 Å². The van der Waals surface area contributed by atoms with Crippen molar-refractivity contribution in [3.63, 3.8) is 0 Å². The van der Waals surface area contributed by atoms with Crippen molar-refractivity contribution in [2.75, 3.05) is 0 Å². The summed E-state index contributed by atoms with van der Waals surface area (Å²) in [6.07, 6.45) is 0. The molecular weight excluding hydrogens is 268 g/mol. The number of benzene rings is 2. The lowest BCUT2D eigenvalue weighted by atomic mass is 9.96. The Labute approximate surface area is 122 Å². The molecule has 19 heavy (non-hydrogen) atoms. The van der Waals surface area contributed by atoms with Crippen molar-refractivity contribution < 1.29 is 0 Å². The molecule has 0 N–H and O–H groups in total. The number of hydrogen-bond acceptors (Lipinski definition) is 2. The zero-order valence-corrected chi connectivity index (χ0v) is 11.9. The third-order valence-electron chi connectivity index (χ3n) is 3.12. The van der Waals surface area contributed by atoms with Crippen LogP contribution in [0.5, 0.6) is 0 Å². The van der Waals surface area contributed by atoms with Crippen molar-refractivity contribution in [1.29, 1.82) is 0 Å². The lowest BCUT2D eigenvalue weighted by molar-refractivity contribution is 1.62. The van der Waals surface area contributed by atoms with E-state index in [1.807, 2.05) is 12.1 Å². The Bertz CT molecular complexity index is 696. The summed E-state index contributed by atoms with van der Waals surface area (Å²) in [7, 11) is 0. The molecule has 0 bridgehead atoms. The fourth-order valence-electron chi connectivity index (χ4n) is 2.19. The molecule has 0 spiro atoms. The molecule has 0 saturated heterocycles. The molecular formula is C17H12S2. The largest absolute Gasteiger partial charge is 0.151 e. The molecule has 0 aliphatic carbocycles. The predicted molar refractivity (Wildman–Crippen MR) is 87.9 cm³/mol. The van der Waals surface area contributed by atoms with Crippen LogP contribution >= 0.6 is 23.6 Å². The van der Waals surface area contributed by atoms with Gasteiger partial charge in [-0.15, -0.1) is 0 Å². The molecule has 92 valence electrons. The van der Waals surface area contributed by atoms with Crippen LogP contribution in [-0.2, 0) is 0 Å². The summed E-state index contributed by atoms with van der Waals surface area (Å²) in [5.41, 5.74) is 6.09. The summed E-state index contributed by atoms with van der Waals surface area (Å²) in [4.78, 5) is 0. The van der Waals surface area contributed by atoms with Gasteiger partial charge in [0.1, 0.15) is 0 Å². The maximum Gasteiger partial charge on any atom is 0.00923 e. The van der Waals surface area contributed by atoms with E-state index < -0.39 is 0 Å². The van der Waals surface area contributed by atoms with Crippen molar-refractivity contribution in [1.82, 2.24) is 0 Å². The molecule has 0 fully saturated rings. The number of rotatable bonds is 3. The Balaban J connectivity index is 2.18. The van der Waals surface area contributed by atoms with E-state index in [1.165, 1.54) is 22.3 Å². The van der Waals surface area contributed by atoms with Gasteiger partial charge in [0.25, 0.3) is 0 Å². The lowest BCUT2D eigenvalue weighted by Crippen LogP contribution is -1.86. The molecule has 3 rings (SSSR count). The first-order chi connectivity index (χ1) is 9.40. The van der Waals surface area contributed by atoms with Gasteiger partial charge in [0, 0.05) is 16.5 Å². The molecule has 0 aliphatic rings. The van der Waals surface area contributed by atoms with E-state index in [0.717, 1.165) is 5.56 Å². The summed E-state index contributed by atoms with van der Waals surface area (Å²) in [6.45, 7) is 0. The van der Waals surface area contributed by atoms with E-state index in [2.05, 4.69) is 53.2 Å². The minimum atomic E-state index is 1.10. The first-order valence-corrected chi connectivity index (χ1v) is 7.48. The topological polar surface area (TPSA) is 0 Å². The predicted octanol–water partition coefficient (Wildman–Crippen LogP) is 5.43. The molecule has 1 aromatic heterocycles. The van der Waals surface area contributed by atoms with E-state index >= 15 is 0 Å². The van der Waals surface area contributed by atoms with Crippen LogP contribution in [0.25, 0.3) is 22.3 Å². The Morgan fingerprint density at radius 2 is 1.42 bits per heavy atom. The molecule has 0 radical (unpaired) electrons. The lowest BCUT2D eigenvalue weighted by Gasteiger charge is -2.07. The smallest absolute Gasteiger partial charge is 0.00923 e. The number of hydrogen-bond donors (Lipinski definition) is 0. The highest BCUT2D eigenvalue weighted by molar-refractivity contribution is 7.79. The van der Waals surface area contributed by atoms with E-state index in [9.17, 15) is 0 Å². The quantitative estimate of drug-likeness (QED) is 0.576. The van der Waals surface area contributed by atoms with Crippen LogP contribution < -0.4 is 0 Å². The highest BCUT2D eigenvalue weighted by atomic mass is 32.1. The van der Waals surface area contributed by atoms with Crippen LogP contribution in [0, 0.1) is 0 Å². The van der Waals surface area contributed by atoms with Crippen LogP contribution in [0.4, 0.5) is 0 Å². The molecule has 1 heterocycles. The minimum Gasteiger partial charge on any atom is -0.151 e. The Morgan fingerprint density at radius 1 is 0.737 bits per heavy atom. The average molecular weight is 280 g/mol. The molecule has 0 aliphatic heterocycles. The van der Waals surface area contributed by atoms with E-state index in [0.29, 0.717) is 0 Å². The molecule has 2 aromatic carbocycles. The highest BCUT2D eigenvalue weighted by Gasteiger charge is 2.10. The molecule has 0 amide bonds. The maximum absolute atomic E-state index is 5.12. The zero-order chi connectivity index (χ0) is 13.1. The fourth-order valence-corrected chi connectivity index (χ4v) is 3.25. The second-order valence-electron chi connectivity index (χ2n) is 4.27. The summed E-state index contributed by atoms with van der Waals surface area (Å²) < 4.78 is 0. The van der Waals surface area contributed by atoms with Crippen LogP contribution in [-0.4, -0.2) is 5.37 Å². The van der Waals surface area contributed by atoms with Crippen LogP contribution in [0.1, 0.15) is 5.56 Å². The molecule has 0 nitrogen and oxygen atoms in total. The van der Waals surface area contributed by atoms with Crippen molar-refractivity contribution in [3.05, 3.63) is 70.9 Å². The fraction of sp³-hybridized carbons (Fsp3) is 0. The monoisotopic (exact) mass is 280 g/mol. The van der Waals surface area contributed by atoms with Crippen molar-refractivity contribution in [3.8, 4) is 22.3 Å². The summed E-state index contributed by atoms with van der Waals surface area (Å²) in [5.74, 6) is 0. The third kappa shape index (κ3) is 2.37. The summed E-state index contributed by atoms with van der Waals surface area (Å²) in [5, 5.41) is 6.15. The van der Waals surface area contributed by atoms with E-state index in [-0.39, 0.29) is 0 Å². The van der Waals surface area contributed by atoms with Crippen molar-refractivity contribution in [2.45, 2.75) is 0 Å². The second kappa shape index (κ2) is 5.47. The minimum absolute atomic E-state index is 1.10. The second-order valence-corrected chi connectivity index (χ2v) is 5.25. The average Bonchev–Trinajstić information content (AvgIpc) is 2.97. The zero-order valence-electron chi connectivity index (χ0n) is 10.2. The van der Waals surface area contributed by atoms with Gasteiger partial charge in [0.2, 0.25) is 0 Å². The SMILES string of the molecule is S=Cc1ccccc1-c1cscc1-c1ccccc1. The van der Waals surface area contributed by atoms with Gasteiger partial charge in [-0.2, -0.15) is 11.3 Å². The van der Waals surface area contributed by atoms with Gasteiger partial charge in [-0.05, 0) is 27.5 Å². The molecule has 0 atom stereocenters. The van der Waals surface area contributed by atoms with Gasteiger partial charge in [-0.3, -0.25) is 0 Å². The molecule has 0 saturated carbocycles. The maximum atomic E-state index is 5.12. The van der Waals surface area contributed by atoms with E-state index in [1.54, 1.807) is 16.7 Å². The van der Waals surface area contributed by atoms with E-state index in [4.69, 9.17) is 12.2 Å². The Morgan fingerprint density at radius 3 is 2.21 bits per heavy atom. The van der Waals surface area contributed by atoms with Gasteiger partial charge in [0.15, 0.2) is 0 Å². The normalized spacial score (nSPS) is 10.3. The first-order valence-electron chi connectivity index (χ1n) is 6.06. The standard InChI is InChI=1S/C17H12S2/c18-10-14-8-4-5-9-15(14)17-12-19-11-16(17)13-6-2-1-3-7-13/h1-12H. The van der Waals surface area contributed by atoms with Gasteiger partial charge in [0.05, 0.1) is 0 Å². The van der Waals surface area contributed by atoms with Gasteiger partial charge < -0.3 is 0 Å². The Kier molecular flexibility index (Phi) is 3.53. The molecule has 3 aromatic rings. The first kappa shape index (κ1) is 12.3. The summed E-state index contributed by atoms with van der Waals surface area (Å²) >= 11 is 6.85.